The molecule has 2 aromatic rings. The van der Waals surface area contributed by atoms with Gasteiger partial charge in [0, 0.05) is 5.56 Å². The Kier molecular flexibility index (Phi) is 4.87. The summed E-state index contributed by atoms with van der Waals surface area (Å²) in [4.78, 5) is 12.3. The zero-order valence-electron chi connectivity index (χ0n) is 13.1. The van der Waals surface area contributed by atoms with Gasteiger partial charge in [0.25, 0.3) is 5.91 Å². The summed E-state index contributed by atoms with van der Waals surface area (Å²) >= 11 is 6.15. The van der Waals surface area contributed by atoms with E-state index in [9.17, 15) is 4.79 Å². The molecule has 3 nitrogen and oxygen atoms in total. The maximum atomic E-state index is 12.3. The fourth-order valence-corrected chi connectivity index (χ4v) is 3.08. The fourth-order valence-electron chi connectivity index (χ4n) is 2.80. The van der Waals surface area contributed by atoms with Crippen molar-refractivity contribution in [2.45, 2.75) is 38.7 Å². The molecule has 2 aromatic carbocycles. The van der Waals surface area contributed by atoms with Crippen LogP contribution in [0, 0.1) is 6.92 Å². The lowest BCUT2D eigenvalue weighted by molar-refractivity contribution is 0.102. The van der Waals surface area contributed by atoms with Crippen LogP contribution in [0.15, 0.2) is 42.5 Å². The number of benzene rings is 2. The van der Waals surface area contributed by atoms with Gasteiger partial charge in [-0.25, -0.2) is 0 Å². The van der Waals surface area contributed by atoms with E-state index in [2.05, 4.69) is 5.32 Å². The van der Waals surface area contributed by atoms with Crippen molar-refractivity contribution in [2.75, 3.05) is 5.32 Å². The van der Waals surface area contributed by atoms with Crippen molar-refractivity contribution in [2.24, 2.45) is 0 Å². The number of hydrogen-bond acceptors (Lipinski definition) is 2. The summed E-state index contributed by atoms with van der Waals surface area (Å²) < 4.78 is 5.91. The second-order valence-corrected chi connectivity index (χ2v) is 6.39. The molecule has 23 heavy (non-hydrogen) atoms. The van der Waals surface area contributed by atoms with Crippen LogP contribution in [0.1, 0.15) is 41.6 Å². The Morgan fingerprint density at radius 2 is 1.83 bits per heavy atom. The van der Waals surface area contributed by atoms with Gasteiger partial charge in [0.1, 0.15) is 5.75 Å². The van der Waals surface area contributed by atoms with E-state index in [1.807, 2.05) is 37.3 Å². The second kappa shape index (κ2) is 7.05. The first kappa shape index (κ1) is 15.9. The smallest absolute Gasteiger partial charge is 0.255 e. The van der Waals surface area contributed by atoms with Gasteiger partial charge in [-0.15, -0.1) is 0 Å². The number of aryl methyl sites for hydroxylation is 1. The van der Waals surface area contributed by atoms with Crippen LogP contribution in [-0.4, -0.2) is 12.0 Å². The Morgan fingerprint density at radius 3 is 2.48 bits per heavy atom. The van der Waals surface area contributed by atoms with Crippen LogP contribution in [-0.2, 0) is 0 Å². The van der Waals surface area contributed by atoms with E-state index in [1.54, 1.807) is 12.1 Å². The van der Waals surface area contributed by atoms with E-state index in [-0.39, 0.29) is 5.91 Å². The third-order valence-electron chi connectivity index (χ3n) is 4.09. The molecule has 120 valence electrons. The Morgan fingerprint density at radius 1 is 1.13 bits per heavy atom. The Bertz CT molecular complexity index is 691. The van der Waals surface area contributed by atoms with Crippen LogP contribution in [0.2, 0.25) is 5.02 Å². The fraction of sp³-hybridized carbons (Fsp3) is 0.316. The number of rotatable bonds is 4. The summed E-state index contributed by atoms with van der Waals surface area (Å²) in [6.07, 6.45) is 5.04. The number of anilines is 1. The molecule has 3 rings (SSSR count). The molecule has 1 amide bonds. The Balaban J connectivity index is 1.65. The molecule has 0 spiro atoms. The van der Waals surface area contributed by atoms with Gasteiger partial charge in [-0.05, 0) is 74.6 Å². The molecule has 0 atom stereocenters. The summed E-state index contributed by atoms with van der Waals surface area (Å²) in [6, 6.07) is 12.8. The van der Waals surface area contributed by atoms with Gasteiger partial charge in [0.15, 0.2) is 0 Å². The van der Waals surface area contributed by atoms with Gasteiger partial charge in [-0.3, -0.25) is 4.79 Å². The molecule has 4 heteroatoms. The highest BCUT2D eigenvalue weighted by molar-refractivity contribution is 6.34. The largest absolute Gasteiger partial charge is 0.490 e. The number of halogens is 1. The first-order valence-electron chi connectivity index (χ1n) is 7.96. The summed E-state index contributed by atoms with van der Waals surface area (Å²) in [5.41, 5.74) is 2.26. The number of amides is 1. The lowest BCUT2D eigenvalue weighted by Crippen LogP contribution is -2.13. The van der Waals surface area contributed by atoms with E-state index in [0.29, 0.717) is 22.4 Å². The van der Waals surface area contributed by atoms with Crippen molar-refractivity contribution in [3.8, 4) is 5.75 Å². The lowest BCUT2D eigenvalue weighted by atomic mass is 10.2. The van der Waals surface area contributed by atoms with Crippen LogP contribution in [0.3, 0.4) is 0 Å². The average molecular weight is 330 g/mol. The van der Waals surface area contributed by atoms with Crippen molar-refractivity contribution in [3.05, 3.63) is 58.6 Å². The van der Waals surface area contributed by atoms with Gasteiger partial charge < -0.3 is 10.1 Å². The number of hydrogen-bond donors (Lipinski definition) is 1. The molecule has 1 fully saturated rings. The molecule has 0 radical (unpaired) electrons. The van der Waals surface area contributed by atoms with Crippen LogP contribution < -0.4 is 10.1 Å². The summed E-state index contributed by atoms with van der Waals surface area (Å²) in [5.74, 6) is 0.644. The number of nitrogens with one attached hydrogen (secondary N) is 1. The average Bonchev–Trinajstić information content (AvgIpc) is 3.04. The molecule has 0 bridgehead atoms. The van der Waals surface area contributed by atoms with Gasteiger partial charge in [0.2, 0.25) is 0 Å². The zero-order chi connectivity index (χ0) is 16.2. The minimum atomic E-state index is -0.178. The second-order valence-electron chi connectivity index (χ2n) is 5.99. The standard InChI is InChI=1S/C19H20ClNO2/c1-13-6-11-18(17(20)12-13)21-19(22)14-7-9-16(10-8-14)23-15-4-2-3-5-15/h6-12,15H,2-5H2,1H3,(H,21,22). The molecular weight excluding hydrogens is 310 g/mol. The van der Waals surface area contributed by atoms with E-state index in [1.165, 1.54) is 12.8 Å². The van der Waals surface area contributed by atoms with Crippen molar-refractivity contribution in [1.82, 2.24) is 0 Å². The molecule has 1 aliphatic rings. The molecule has 1 saturated carbocycles. The van der Waals surface area contributed by atoms with Gasteiger partial charge in [-0.1, -0.05) is 17.7 Å². The number of ether oxygens (including phenoxy) is 1. The van der Waals surface area contributed by atoms with E-state index in [4.69, 9.17) is 16.3 Å². The first-order valence-corrected chi connectivity index (χ1v) is 8.34. The number of carbonyl (C=O) groups excluding carboxylic acids is 1. The predicted molar refractivity (Wildman–Crippen MR) is 93.5 cm³/mol. The van der Waals surface area contributed by atoms with Crippen LogP contribution in [0.4, 0.5) is 5.69 Å². The summed E-state index contributed by atoms with van der Waals surface area (Å²) in [6.45, 7) is 1.96. The minimum Gasteiger partial charge on any atom is -0.490 e. The molecule has 0 aliphatic heterocycles. The molecular formula is C19H20ClNO2. The Labute approximate surface area is 141 Å². The third-order valence-corrected chi connectivity index (χ3v) is 4.41. The SMILES string of the molecule is Cc1ccc(NC(=O)c2ccc(OC3CCCC3)cc2)c(Cl)c1. The number of carbonyl (C=O) groups is 1. The molecule has 0 heterocycles. The normalized spacial score (nSPS) is 14.7. The molecule has 1 aliphatic carbocycles. The summed E-state index contributed by atoms with van der Waals surface area (Å²) in [7, 11) is 0. The van der Waals surface area contributed by atoms with Gasteiger partial charge >= 0.3 is 0 Å². The molecule has 0 unspecified atom stereocenters. The minimum absolute atomic E-state index is 0.178. The molecule has 1 N–H and O–H groups in total. The van der Waals surface area contributed by atoms with Crippen molar-refractivity contribution >= 4 is 23.2 Å². The topological polar surface area (TPSA) is 38.3 Å². The van der Waals surface area contributed by atoms with E-state index < -0.39 is 0 Å². The first-order chi connectivity index (χ1) is 11.1. The van der Waals surface area contributed by atoms with Crippen molar-refractivity contribution in [3.63, 3.8) is 0 Å². The zero-order valence-corrected chi connectivity index (χ0v) is 13.9. The van der Waals surface area contributed by atoms with Crippen molar-refractivity contribution < 1.29 is 9.53 Å². The molecule has 0 saturated heterocycles. The maximum absolute atomic E-state index is 12.3. The molecule has 0 aromatic heterocycles. The van der Waals surface area contributed by atoms with Gasteiger partial charge in [0.05, 0.1) is 16.8 Å². The van der Waals surface area contributed by atoms with E-state index >= 15 is 0 Å². The van der Waals surface area contributed by atoms with Gasteiger partial charge in [-0.2, -0.15) is 0 Å². The highest BCUT2D eigenvalue weighted by atomic mass is 35.5. The third kappa shape index (κ3) is 4.05. The Hall–Kier alpha value is -2.00. The van der Waals surface area contributed by atoms with Crippen LogP contribution in [0.25, 0.3) is 0 Å². The lowest BCUT2D eigenvalue weighted by Gasteiger charge is -2.13. The van der Waals surface area contributed by atoms with Crippen molar-refractivity contribution in [1.29, 1.82) is 0 Å². The highest BCUT2D eigenvalue weighted by Crippen LogP contribution is 2.25. The summed E-state index contributed by atoms with van der Waals surface area (Å²) in [5, 5.41) is 3.38. The highest BCUT2D eigenvalue weighted by Gasteiger charge is 2.16. The van der Waals surface area contributed by atoms with E-state index in [0.717, 1.165) is 24.2 Å². The van der Waals surface area contributed by atoms with Crippen LogP contribution >= 0.6 is 11.6 Å². The monoisotopic (exact) mass is 329 g/mol. The maximum Gasteiger partial charge on any atom is 0.255 e. The van der Waals surface area contributed by atoms with Crippen LogP contribution in [0.5, 0.6) is 5.75 Å². The quantitative estimate of drug-likeness (QED) is 0.834. The predicted octanol–water partition coefficient (Wildman–Crippen LogP) is 5.22.